The molecular weight excluding hydrogens is 240 g/mol. The molecule has 0 radical (unpaired) electrons. The summed E-state index contributed by atoms with van der Waals surface area (Å²) in [6, 6.07) is 9.84. The summed E-state index contributed by atoms with van der Waals surface area (Å²) in [6.07, 6.45) is 1.47. The molecule has 0 saturated heterocycles. The molecule has 1 rings (SSSR count). The summed E-state index contributed by atoms with van der Waals surface area (Å²) >= 11 is 0. The van der Waals surface area contributed by atoms with Gasteiger partial charge in [-0.2, -0.15) is 0 Å². The molecule has 0 amide bonds. The standard InChI is InChI=1S/C16H20O3/c1-14(10-11-16(18)9-5-6-12-17)19-13-15-7-3-2-4-8-15/h2-4,7-8,14,17H,5-6,9,12-13H2,1H3. The van der Waals surface area contributed by atoms with E-state index in [2.05, 4.69) is 11.8 Å². The fourth-order valence-electron chi connectivity index (χ4n) is 1.48. The quantitative estimate of drug-likeness (QED) is 0.465. The van der Waals surface area contributed by atoms with E-state index in [1.165, 1.54) is 0 Å². The molecule has 0 aromatic heterocycles. The number of rotatable bonds is 7. The SMILES string of the molecule is CC(C#CC(=O)CCCCO)OCc1ccccc1. The number of ketones is 1. The van der Waals surface area contributed by atoms with Crippen molar-refractivity contribution in [1.29, 1.82) is 0 Å². The van der Waals surface area contributed by atoms with Gasteiger partial charge < -0.3 is 9.84 Å². The number of unbranched alkanes of at least 4 members (excludes halogenated alkanes) is 1. The number of benzene rings is 1. The molecule has 0 fully saturated rings. The predicted molar refractivity (Wildman–Crippen MR) is 74.4 cm³/mol. The largest absolute Gasteiger partial charge is 0.396 e. The van der Waals surface area contributed by atoms with E-state index in [1.54, 1.807) is 0 Å². The third-order valence-electron chi connectivity index (χ3n) is 2.57. The third kappa shape index (κ3) is 7.40. The van der Waals surface area contributed by atoms with Crippen LogP contribution in [0.3, 0.4) is 0 Å². The number of carbonyl (C=O) groups is 1. The zero-order valence-electron chi connectivity index (χ0n) is 11.3. The minimum atomic E-state index is -0.262. The first-order valence-electron chi connectivity index (χ1n) is 6.53. The molecule has 19 heavy (non-hydrogen) atoms. The number of hydrogen-bond acceptors (Lipinski definition) is 3. The van der Waals surface area contributed by atoms with Gasteiger partial charge in [-0.3, -0.25) is 4.79 Å². The van der Waals surface area contributed by atoms with Crippen LogP contribution in [-0.2, 0) is 16.1 Å². The predicted octanol–water partition coefficient (Wildman–Crippen LogP) is 2.33. The van der Waals surface area contributed by atoms with E-state index in [0.29, 0.717) is 25.9 Å². The highest BCUT2D eigenvalue weighted by molar-refractivity contribution is 5.95. The smallest absolute Gasteiger partial charge is 0.205 e. The molecule has 0 aliphatic heterocycles. The maximum Gasteiger partial charge on any atom is 0.205 e. The Labute approximate surface area is 114 Å². The number of ether oxygens (including phenoxy) is 1. The molecule has 102 valence electrons. The third-order valence-corrected chi connectivity index (χ3v) is 2.57. The summed E-state index contributed by atoms with van der Waals surface area (Å²) in [4.78, 5) is 11.4. The van der Waals surface area contributed by atoms with Crippen LogP contribution in [0.4, 0.5) is 0 Å². The number of hydrogen-bond donors (Lipinski definition) is 1. The van der Waals surface area contributed by atoms with E-state index >= 15 is 0 Å². The Morgan fingerprint density at radius 3 is 2.74 bits per heavy atom. The van der Waals surface area contributed by atoms with Gasteiger partial charge in [0.15, 0.2) is 0 Å². The normalized spacial score (nSPS) is 11.5. The van der Waals surface area contributed by atoms with Crippen molar-refractivity contribution in [3.05, 3.63) is 35.9 Å². The second-order valence-corrected chi connectivity index (χ2v) is 4.31. The van der Waals surface area contributed by atoms with Crippen LogP contribution in [-0.4, -0.2) is 23.6 Å². The van der Waals surface area contributed by atoms with Crippen molar-refractivity contribution in [2.75, 3.05) is 6.61 Å². The van der Waals surface area contributed by atoms with Crippen LogP contribution in [0.2, 0.25) is 0 Å². The van der Waals surface area contributed by atoms with Gasteiger partial charge in [0.25, 0.3) is 0 Å². The van der Waals surface area contributed by atoms with Gasteiger partial charge in [-0.15, -0.1) is 0 Å². The Morgan fingerprint density at radius 1 is 1.32 bits per heavy atom. The molecular formula is C16H20O3. The molecule has 1 N–H and O–H groups in total. The second kappa shape index (κ2) is 9.32. The Bertz CT molecular complexity index is 428. The lowest BCUT2D eigenvalue weighted by molar-refractivity contribution is -0.113. The highest BCUT2D eigenvalue weighted by Gasteiger charge is 2.00. The van der Waals surface area contributed by atoms with E-state index in [9.17, 15) is 4.79 Å². The summed E-state index contributed by atoms with van der Waals surface area (Å²) in [7, 11) is 0. The Balaban J connectivity index is 2.27. The number of Topliss-reactive ketones (excluding diaryl/α,β-unsaturated/α-hetero) is 1. The molecule has 1 atom stereocenters. The molecule has 0 aliphatic carbocycles. The van der Waals surface area contributed by atoms with Gasteiger partial charge in [-0.1, -0.05) is 36.3 Å². The topological polar surface area (TPSA) is 46.5 Å². The van der Waals surface area contributed by atoms with E-state index in [1.807, 2.05) is 37.3 Å². The van der Waals surface area contributed by atoms with Gasteiger partial charge in [0.1, 0.15) is 6.10 Å². The van der Waals surface area contributed by atoms with E-state index in [4.69, 9.17) is 9.84 Å². The summed E-state index contributed by atoms with van der Waals surface area (Å²) in [5.74, 6) is 5.28. The fraction of sp³-hybridized carbons (Fsp3) is 0.438. The highest BCUT2D eigenvalue weighted by atomic mass is 16.5. The van der Waals surface area contributed by atoms with Crippen LogP contribution in [0.25, 0.3) is 0 Å². The fourth-order valence-corrected chi connectivity index (χ4v) is 1.48. The molecule has 3 nitrogen and oxygen atoms in total. The molecule has 0 spiro atoms. The number of aliphatic hydroxyl groups is 1. The van der Waals surface area contributed by atoms with Gasteiger partial charge >= 0.3 is 0 Å². The Morgan fingerprint density at radius 2 is 2.05 bits per heavy atom. The first kappa shape index (κ1) is 15.4. The van der Waals surface area contributed by atoms with Crippen LogP contribution in [0.15, 0.2) is 30.3 Å². The Kier molecular flexibility index (Phi) is 7.57. The van der Waals surface area contributed by atoms with Crippen LogP contribution in [0.1, 0.15) is 31.7 Å². The zero-order valence-corrected chi connectivity index (χ0v) is 11.3. The number of carbonyl (C=O) groups excluding carboxylic acids is 1. The minimum absolute atomic E-state index is 0.0939. The van der Waals surface area contributed by atoms with Gasteiger partial charge in [-0.05, 0) is 31.2 Å². The average Bonchev–Trinajstić information content (AvgIpc) is 2.44. The van der Waals surface area contributed by atoms with Crippen LogP contribution >= 0.6 is 0 Å². The average molecular weight is 260 g/mol. The second-order valence-electron chi connectivity index (χ2n) is 4.31. The molecule has 0 aliphatic rings. The first-order chi connectivity index (χ1) is 9.22. The van der Waals surface area contributed by atoms with Gasteiger partial charge in [0.05, 0.1) is 6.61 Å². The van der Waals surface area contributed by atoms with Crippen molar-refractivity contribution < 1.29 is 14.6 Å². The van der Waals surface area contributed by atoms with Crippen LogP contribution in [0.5, 0.6) is 0 Å². The van der Waals surface area contributed by atoms with Crippen LogP contribution in [0, 0.1) is 11.8 Å². The monoisotopic (exact) mass is 260 g/mol. The lowest BCUT2D eigenvalue weighted by atomic mass is 10.2. The van der Waals surface area contributed by atoms with Gasteiger partial charge in [0.2, 0.25) is 5.78 Å². The van der Waals surface area contributed by atoms with Crippen molar-refractivity contribution in [3.63, 3.8) is 0 Å². The maximum atomic E-state index is 11.4. The highest BCUT2D eigenvalue weighted by Crippen LogP contribution is 2.02. The summed E-state index contributed by atoms with van der Waals surface area (Å²) < 4.78 is 5.54. The summed E-state index contributed by atoms with van der Waals surface area (Å²) in [6.45, 7) is 2.45. The minimum Gasteiger partial charge on any atom is -0.396 e. The van der Waals surface area contributed by atoms with Gasteiger partial charge in [0, 0.05) is 13.0 Å². The summed E-state index contributed by atoms with van der Waals surface area (Å²) in [5, 5.41) is 8.61. The lowest BCUT2D eigenvalue weighted by Gasteiger charge is -2.06. The molecule has 0 bridgehead atoms. The van der Waals surface area contributed by atoms with Crippen molar-refractivity contribution in [1.82, 2.24) is 0 Å². The molecule has 1 aromatic rings. The molecule has 1 aromatic carbocycles. The first-order valence-corrected chi connectivity index (χ1v) is 6.53. The van der Waals surface area contributed by atoms with E-state index in [-0.39, 0.29) is 18.5 Å². The van der Waals surface area contributed by atoms with Crippen molar-refractivity contribution in [3.8, 4) is 11.8 Å². The van der Waals surface area contributed by atoms with Crippen LogP contribution < -0.4 is 0 Å². The molecule has 0 heterocycles. The molecule has 3 heteroatoms. The summed E-state index contributed by atoms with van der Waals surface area (Å²) in [5.41, 5.74) is 1.09. The zero-order chi connectivity index (χ0) is 13.9. The van der Waals surface area contributed by atoms with E-state index in [0.717, 1.165) is 5.56 Å². The molecule has 0 saturated carbocycles. The van der Waals surface area contributed by atoms with Gasteiger partial charge in [-0.25, -0.2) is 0 Å². The van der Waals surface area contributed by atoms with Crippen molar-refractivity contribution >= 4 is 5.78 Å². The van der Waals surface area contributed by atoms with Crippen molar-refractivity contribution in [2.24, 2.45) is 0 Å². The van der Waals surface area contributed by atoms with E-state index < -0.39 is 0 Å². The Hall–Kier alpha value is -1.63. The maximum absolute atomic E-state index is 11.4. The number of aliphatic hydroxyl groups excluding tert-OH is 1. The van der Waals surface area contributed by atoms with Crippen molar-refractivity contribution in [2.45, 2.75) is 38.9 Å². The lowest BCUT2D eigenvalue weighted by Crippen LogP contribution is -2.06. The molecule has 1 unspecified atom stereocenters.